The third-order valence-electron chi connectivity index (χ3n) is 2.93. The zero-order valence-corrected chi connectivity index (χ0v) is 10.7. The van der Waals surface area contributed by atoms with Crippen LogP contribution in [0.5, 0.6) is 0 Å². The number of nitrogens with zero attached hydrogens (tertiary/aromatic N) is 2. The van der Waals surface area contributed by atoms with Gasteiger partial charge in [0, 0.05) is 18.3 Å². The van der Waals surface area contributed by atoms with Gasteiger partial charge >= 0.3 is 0 Å². The molecule has 2 rings (SSSR count). The Morgan fingerprint density at radius 2 is 1.80 bits per heavy atom. The minimum atomic E-state index is -0.527. The van der Waals surface area contributed by atoms with Gasteiger partial charge in [-0.05, 0) is 42.5 Å². The fourth-order valence-electron chi connectivity index (χ4n) is 1.80. The summed E-state index contributed by atoms with van der Waals surface area (Å²) in [5.74, 6) is -1.05. The van der Waals surface area contributed by atoms with Gasteiger partial charge in [-0.1, -0.05) is 5.16 Å². The lowest BCUT2D eigenvalue weighted by atomic mass is 10.1. The summed E-state index contributed by atoms with van der Waals surface area (Å²) in [4.78, 5) is 1.57. The first-order valence-corrected chi connectivity index (χ1v) is 5.79. The molecule has 0 aliphatic rings. The summed E-state index contributed by atoms with van der Waals surface area (Å²) in [7, 11) is 1.66. The van der Waals surface area contributed by atoms with Crippen LogP contribution in [0.25, 0.3) is 0 Å². The molecule has 0 atom stereocenters. The van der Waals surface area contributed by atoms with E-state index in [9.17, 15) is 8.78 Å². The summed E-state index contributed by atoms with van der Waals surface area (Å²) in [6, 6.07) is 9.91. The standard InChI is InChI=1S/C14H13F2N3O/c1-19(11-5-3-10(15)4-6-11)13-7-2-9(8-12(13)16)14(17)18-20/h2-8,20H,1H3,(H2,17,18). The van der Waals surface area contributed by atoms with Crippen LogP contribution in [-0.4, -0.2) is 18.1 Å². The van der Waals surface area contributed by atoms with Crippen molar-refractivity contribution in [3.05, 3.63) is 59.7 Å². The molecule has 0 unspecified atom stereocenters. The average molecular weight is 277 g/mol. The lowest BCUT2D eigenvalue weighted by Gasteiger charge is -2.20. The van der Waals surface area contributed by atoms with Crippen LogP contribution in [0.4, 0.5) is 20.2 Å². The highest BCUT2D eigenvalue weighted by Crippen LogP contribution is 2.26. The van der Waals surface area contributed by atoms with Crippen molar-refractivity contribution in [3.63, 3.8) is 0 Å². The SMILES string of the molecule is CN(c1ccc(F)cc1)c1ccc(C(N)=NO)cc1F. The summed E-state index contributed by atoms with van der Waals surface area (Å²) in [5, 5.41) is 11.4. The van der Waals surface area contributed by atoms with E-state index in [0.29, 0.717) is 11.4 Å². The maximum absolute atomic E-state index is 14.1. The second-order valence-electron chi connectivity index (χ2n) is 4.19. The van der Waals surface area contributed by atoms with Crippen molar-refractivity contribution in [2.24, 2.45) is 10.9 Å². The van der Waals surface area contributed by atoms with Gasteiger partial charge < -0.3 is 15.8 Å². The largest absolute Gasteiger partial charge is 0.409 e. The van der Waals surface area contributed by atoms with Gasteiger partial charge in [0.05, 0.1) is 5.69 Å². The van der Waals surface area contributed by atoms with Crippen LogP contribution in [-0.2, 0) is 0 Å². The highest BCUT2D eigenvalue weighted by atomic mass is 19.1. The van der Waals surface area contributed by atoms with E-state index in [2.05, 4.69) is 5.16 Å². The van der Waals surface area contributed by atoms with Crippen molar-refractivity contribution in [1.82, 2.24) is 0 Å². The zero-order chi connectivity index (χ0) is 14.7. The summed E-state index contributed by atoms with van der Waals surface area (Å²) in [6.07, 6.45) is 0. The monoisotopic (exact) mass is 277 g/mol. The Morgan fingerprint density at radius 3 is 2.35 bits per heavy atom. The Labute approximate surface area is 114 Å². The highest BCUT2D eigenvalue weighted by molar-refractivity contribution is 5.97. The number of amidine groups is 1. The molecule has 0 saturated carbocycles. The number of nitrogens with two attached hydrogens (primary N) is 1. The molecular formula is C14H13F2N3O. The Balaban J connectivity index is 2.35. The lowest BCUT2D eigenvalue weighted by molar-refractivity contribution is 0.318. The van der Waals surface area contributed by atoms with Gasteiger partial charge in [-0.2, -0.15) is 0 Å². The molecule has 0 spiro atoms. The predicted octanol–water partition coefficient (Wildman–Crippen LogP) is 2.83. The van der Waals surface area contributed by atoms with Gasteiger partial charge in [-0.15, -0.1) is 0 Å². The first-order valence-electron chi connectivity index (χ1n) is 5.79. The van der Waals surface area contributed by atoms with Crippen molar-refractivity contribution in [2.75, 3.05) is 11.9 Å². The third kappa shape index (κ3) is 2.69. The van der Waals surface area contributed by atoms with Crippen molar-refractivity contribution in [1.29, 1.82) is 0 Å². The first kappa shape index (κ1) is 13.8. The molecule has 0 heterocycles. The Hall–Kier alpha value is -2.63. The van der Waals surface area contributed by atoms with Crippen molar-refractivity contribution >= 4 is 17.2 Å². The number of benzene rings is 2. The molecule has 104 valence electrons. The number of halogens is 2. The lowest BCUT2D eigenvalue weighted by Crippen LogP contribution is -2.15. The quantitative estimate of drug-likeness (QED) is 0.392. The van der Waals surface area contributed by atoms with Crippen LogP contribution in [0.1, 0.15) is 5.56 Å². The molecule has 0 saturated heterocycles. The molecule has 0 aromatic heterocycles. The summed E-state index contributed by atoms with van der Waals surface area (Å²) >= 11 is 0. The fraction of sp³-hybridized carbons (Fsp3) is 0.0714. The maximum Gasteiger partial charge on any atom is 0.170 e. The second-order valence-corrected chi connectivity index (χ2v) is 4.19. The minimum absolute atomic E-state index is 0.167. The van der Waals surface area contributed by atoms with Gasteiger partial charge in [-0.25, -0.2) is 8.78 Å². The van der Waals surface area contributed by atoms with Crippen LogP contribution in [0.3, 0.4) is 0 Å². The van der Waals surface area contributed by atoms with Gasteiger partial charge in [-0.3, -0.25) is 0 Å². The molecular weight excluding hydrogens is 264 g/mol. The molecule has 6 heteroatoms. The average Bonchev–Trinajstić information content (AvgIpc) is 2.46. The molecule has 0 amide bonds. The minimum Gasteiger partial charge on any atom is -0.409 e. The number of hydrogen-bond acceptors (Lipinski definition) is 3. The van der Waals surface area contributed by atoms with E-state index in [-0.39, 0.29) is 17.2 Å². The molecule has 20 heavy (non-hydrogen) atoms. The predicted molar refractivity (Wildman–Crippen MR) is 73.4 cm³/mol. The van der Waals surface area contributed by atoms with Gasteiger partial charge in [0.2, 0.25) is 0 Å². The summed E-state index contributed by atoms with van der Waals surface area (Å²) in [6.45, 7) is 0. The highest BCUT2D eigenvalue weighted by Gasteiger charge is 2.11. The molecule has 0 radical (unpaired) electrons. The maximum atomic E-state index is 14.1. The first-order chi connectivity index (χ1) is 9.52. The van der Waals surface area contributed by atoms with E-state index in [1.54, 1.807) is 24.1 Å². The molecule has 0 aliphatic carbocycles. The molecule has 2 aromatic carbocycles. The Kier molecular flexibility index (Phi) is 3.84. The van der Waals surface area contributed by atoms with Gasteiger partial charge in [0.25, 0.3) is 0 Å². The van der Waals surface area contributed by atoms with E-state index >= 15 is 0 Å². The van der Waals surface area contributed by atoms with Crippen LogP contribution in [0.2, 0.25) is 0 Å². The normalized spacial score (nSPS) is 11.4. The number of rotatable bonds is 3. The number of oxime groups is 1. The molecule has 0 fully saturated rings. The van der Waals surface area contributed by atoms with E-state index < -0.39 is 5.82 Å². The molecule has 4 nitrogen and oxygen atoms in total. The van der Waals surface area contributed by atoms with E-state index in [0.717, 1.165) is 0 Å². The smallest absolute Gasteiger partial charge is 0.170 e. The topological polar surface area (TPSA) is 61.8 Å². The Morgan fingerprint density at radius 1 is 1.15 bits per heavy atom. The zero-order valence-electron chi connectivity index (χ0n) is 10.7. The Bertz CT molecular complexity index is 641. The van der Waals surface area contributed by atoms with Gasteiger partial charge in [0.15, 0.2) is 5.84 Å². The second kappa shape index (κ2) is 5.56. The molecule has 0 bridgehead atoms. The van der Waals surface area contributed by atoms with Crippen LogP contribution < -0.4 is 10.6 Å². The number of anilines is 2. The van der Waals surface area contributed by atoms with E-state index in [4.69, 9.17) is 10.9 Å². The molecule has 3 N–H and O–H groups in total. The van der Waals surface area contributed by atoms with Gasteiger partial charge in [0.1, 0.15) is 11.6 Å². The summed E-state index contributed by atoms with van der Waals surface area (Å²) in [5.41, 5.74) is 6.61. The van der Waals surface area contributed by atoms with Crippen LogP contribution in [0.15, 0.2) is 47.6 Å². The third-order valence-corrected chi connectivity index (χ3v) is 2.93. The van der Waals surface area contributed by atoms with Crippen LogP contribution >= 0.6 is 0 Å². The van der Waals surface area contributed by atoms with Crippen molar-refractivity contribution in [2.45, 2.75) is 0 Å². The van der Waals surface area contributed by atoms with E-state index in [1.807, 2.05) is 0 Å². The number of hydrogen-bond donors (Lipinski definition) is 2. The van der Waals surface area contributed by atoms with Crippen molar-refractivity contribution in [3.8, 4) is 0 Å². The fourth-order valence-corrected chi connectivity index (χ4v) is 1.80. The molecule has 2 aromatic rings. The van der Waals surface area contributed by atoms with Crippen molar-refractivity contribution < 1.29 is 14.0 Å². The van der Waals surface area contributed by atoms with Crippen LogP contribution in [0, 0.1) is 11.6 Å². The van der Waals surface area contributed by atoms with E-state index in [1.165, 1.54) is 30.3 Å². The summed E-state index contributed by atoms with van der Waals surface area (Å²) < 4.78 is 26.9. The molecule has 0 aliphatic heterocycles.